The number of anilines is 1. The molecular weight excluding hydrogens is 585 g/mol. The van der Waals surface area contributed by atoms with Gasteiger partial charge in [0.15, 0.2) is 0 Å². The summed E-state index contributed by atoms with van der Waals surface area (Å²) in [6, 6.07) is 3.85. The molecule has 2 aliphatic rings. The topological polar surface area (TPSA) is 107 Å². The Balaban J connectivity index is 1.73. The molecule has 1 heterocycles. The number of carbonyl (C=O) groups excluding carboxylic acids is 1. The molecule has 2 aromatic rings. The number of aliphatic hydroxyl groups excluding tert-OH is 1. The lowest BCUT2D eigenvalue weighted by Gasteiger charge is -2.39. The van der Waals surface area contributed by atoms with Gasteiger partial charge in [-0.3, -0.25) is 9.10 Å². The van der Waals surface area contributed by atoms with Crippen molar-refractivity contribution >= 4 is 21.6 Å². The van der Waals surface area contributed by atoms with Crippen LogP contribution in [0.15, 0.2) is 47.4 Å². The van der Waals surface area contributed by atoms with Crippen molar-refractivity contribution in [2.75, 3.05) is 4.31 Å². The third-order valence-corrected chi connectivity index (χ3v) is 9.37. The summed E-state index contributed by atoms with van der Waals surface area (Å²) >= 11 is 0. The molecule has 0 saturated heterocycles. The first-order chi connectivity index (χ1) is 18.9. The van der Waals surface area contributed by atoms with E-state index in [0.717, 1.165) is 34.6 Å². The molecule has 1 aliphatic carbocycles. The molecule has 0 aromatic heterocycles. The molecule has 0 spiro atoms. The van der Waals surface area contributed by atoms with E-state index in [1.54, 1.807) is 0 Å². The zero-order chi connectivity index (χ0) is 30.4. The number of fused-ring (bicyclic) bond motifs is 1. The van der Waals surface area contributed by atoms with E-state index in [1.807, 2.05) is 0 Å². The first-order valence-corrected chi connectivity index (χ1v) is 14.2. The van der Waals surface area contributed by atoms with Gasteiger partial charge in [-0.05, 0) is 74.4 Å². The zero-order valence-corrected chi connectivity index (χ0v) is 22.2. The van der Waals surface area contributed by atoms with Crippen LogP contribution in [0.5, 0.6) is 0 Å². The predicted molar refractivity (Wildman–Crippen MR) is 132 cm³/mol. The lowest BCUT2D eigenvalue weighted by Crippen LogP contribution is -2.54. The number of nitrogens with zero attached hydrogens (tertiary/aromatic N) is 1. The Morgan fingerprint density at radius 3 is 2.07 bits per heavy atom. The summed E-state index contributed by atoms with van der Waals surface area (Å²) in [5, 5.41) is 22.3. The van der Waals surface area contributed by atoms with Gasteiger partial charge in [0.25, 0.3) is 15.6 Å². The molecule has 41 heavy (non-hydrogen) atoms. The molecule has 3 N–H and O–H groups in total. The number of amides is 1. The number of hydrogen-bond acceptors (Lipinski definition) is 5. The second kappa shape index (κ2) is 11.1. The molecule has 0 radical (unpaired) electrons. The van der Waals surface area contributed by atoms with E-state index in [2.05, 4.69) is 5.32 Å². The van der Waals surface area contributed by atoms with Gasteiger partial charge in [0.05, 0.1) is 22.7 Å². The molecule has 1 saturated carbocycles. The van der Waals surface area contributed by atoms with Gasteiger partial charge >= 0.3 is 12.4 Å². The first-order valence-electron chi connectivity index (χ1n) is 12.7. The van der Waals surface area contributed by atoms with Crippen molar-refractivity contribution in [3.63, 3.8) is 0 Å². The van der Waals surface area contributed by atoms with Crippen molar-refractivity contribution in [2.45, 2.75) is 86.0 Å². The molecule has 15 heteroatoms. The fraction of sp³-hybridized carbons (Fsp3) is 0.500. The quantitative estimate of drug-likeness (QED) is 0.418. The van der Waals surface area contributed by atoms with Crippen LogP contribution in [0.3, 0.4) is 0 Å². The molecule has 2 aromatic carbocycles. The number of carbonyl (C=O) groups is 1. The highest BCUT2D eigenvalue weighted by atomic mass is 32.2. The monoisotopic (exact) mass is 612 g/mol. The molecule has 1 aliphatic heterocycles. The maximum Gasteiger partial charge on any atom is 0.430 e. The van der Waals surface area contributed by atoms with Gasteiger partial charge in [0.1, 0.15) is 5.82 Å². The summed E-state index contributed by atoms with van der Waals surface area (Å²) in [6.07, 6.45) is -11.5. The Hall–Kier alpha value is -2.91. The fourth-order valence-electron chi connectivity index (χ4n) is 5.30. The number of aliphatic hydroxyl groups is 2. The van der Waals surface area contributed by atoms with Gasteiger partial charge < -0.3 is 15.5 Å². The maximum absolute atomic E-state index is 13.7. The summed E-state index contributed by atoms with van der Waals surface area (Å²) < 4.78 is 123. The van der Waals surface area contributed by atoms with Crippen molar-refractivity contribution in [3.8, 4) is 0 Å². The van der Waals surface area contributed by atoms with Crippen LogP contribution in [0.1, 0.15) is 49.7 Å². The minimum Gasteiger partial charge on any atom is -0.393 e. The molecule has 7 nitrogen and oxygen atoms in total. The average molecular weight is 613 g/mol. The van der Waals surface area contributed by atoms with Crippen LogP contribution >= 0.6 is 0 Å². The number of sulfonamides is 1. The summed E-state index contributed by atoms with van der Waals surface area (Å²) in [5.41, 5.74) is -7.24. The van der Waals surface area contributed by atoms with Gasteiger partial charge in [0, 0.05) is 18.0 Å². The van der Waals surface area contributed by atoms with Crippen molar-refractivity contribution in [1.82, 2.24) is 5.32 Å². The van der Waals surface area contributed by atoms with Crippen molar-refractivity contribution in [2.24, 2.45) is 0 Å². The van der Waals surface area contributed by atoms with E-state index < -0.39 is 62.3 Å². The van der Waals surface area contributed by atoms with E-state index in [-0.39, 0.29) is 36.6 Å². The van der Waals surface area contributed by atoms with Gasteiger partial charge in [0.2, 0.25) is 5.91 Å². The third kappa shape index (κ3) is 6.02. The maximum atomic E-state index is 13.7. The highest BCUT2D eigenvalue weighted by molar-refractivity contribution is 7.92. The second-order valence-electron chi connectivity index (χ2n) is 10.3. The zero-order valence-electron chi connectivity index (χ0n) is 21.3. The Bertz CT molecular complexity index is 1360. The van der Waals surface area contributed by atoms with E-state index in [4.69, 9.17) is 0 Å². The van der Waals surface area contributed by atoms with E-state index >= 15 is 0 Å². The predicted octanol–water partition coefficient (Wildman–Crippen LogP) is 4.46. The summed E-state index contributed by atoms with van der Waals surface area (Å²) in [7, 11) is -4.59. The molecule has 1 atom stereocenters. The summed E-state index contributed by atoms with van der Waals surface area (Å²) in [4.78, 5) is 12.5. The molecule has 1 fully saturated rings. The lowest BCUT2D eigenvalue weighted by molar-refractivity contribution is -0.376. The summed E-state index contributed by atoms with van der Waals surface area (Å²) in [5.74, 6) is -1.28. The van der Waals surface area contributed by atoms with Crippen LogP contribution in [0.4, 0.5) is 36.4 Å². The van der Waals surface area contributed by atoms with Crippen molar-refractivity contribution < 1.29 is 54.2 Å². The van der Waals surface area contributed by atoms with Gasteiger partial charge in [-0.1, -0.05) is 12.1 Å². The molecule has 4 rings (SSSR count). The molecule has 1 amide bonds. The largest absolute Gasteiger partial charge is 0.430 e. The minimum atomic E-state index is -6.14. The van der Waals surface area contributed by atoms with E-state index in [9.17, 15) is 54.2 Å². The Labute approximate surface area is 231 Å². The van der Waals surface area contributed by atoms with Crippen LogP contribution in [0.25, 0.3) is 0 Å². The number of alkyl halides is 6. The van der Waals surface area contributed by atoms with Gasteiger partial charge in [-0.25, -0.2) is 12.8 Å². The molecule has 1 unspecified atom stereocenters. The average Bonchev–Trinajstić information content (AvgIpc) is 2.88. The fourth-order valence-corrected chi connectivity index (χ4v) is 7.02. The Morgan fingerprint density at radius 2 is 1.51 bits per heavy atom. The molecule has 0 bridgehead atoms. The number of hydrogen-bond donors (Lipinski definition) is 3. The van der Waals surface area contributed by atoms with Crippen LogP contribution in [-0.2, 0) is 26.8 Å². The number of benzene rings is 2. The molecular formula is C26H27F7N2O5S. The Morgan fingerprint density at radius 1 is 0.927 bits per heavy atom. The van der Waals surface area contributed by atoms with Crippen molar-refractivity contribution in [3.05, 3.63) is 59.4 Å². The number of aryl methyl sites for hydroxylation is 1. The summed E-state index contributed by atoms with van der Waals surface area (Å²) in [6.45, 7) is 0. The minimum absolute atomic E-state index is 0.149. The SMILES string of the molecule is O=C(CC1CCc2cc(C(O)(C(F)(F)F)C(F)(F)F)ccc2N1S(=O)(=O)c1ccc(F)cc1)NC1CCC(O)CC1. The van der Waals surface area contributed by atoms with Crippen LogP contribution in [0.2, 0.25) is 0 Å². The van der Waals surface area contributed by atoms with Crippen LogP contribution in [0, 0.1) is 5.82 Å². The third-order valence-electron chi connectivity index (χ3n) is 7.49. The van der Waals surface area contributed by atoms with Crippen molar-refractivity contribution in [1.29, 1.82) is 0 Å². The highest BCUT2D eigenvalue weighted by Gasteiger charge is 2.71. The van der Waals surface area contributed by atoms with Gasteiger partial charge in [-0.15, -0.1) is 0 Å². The highest BCUT2D eigenvalue weighted by Crippen LogP contribution is 2.51. The molecule has 226 valence electrons. The number of rotatable bonds is 6. The Kier molecular flexibility index (Phi) is 8.37. The standard InChI is InChI=1S/C26H27F7N2O5S/c27-17-3-10-21(11-4-17)41(39,40)35-19(14-23(37)34-18-5-8-20(36)9-6-18)7-1-15-13-16(2-12-22(15)35)24(38,25(28,29)30)26(31,32)33/h2-4,10-13,18-20,36,38H,1,5-9,14H2,(H,34,37). The van der Waals surface area contributed by atoms with E-state index in [0.29, 0.717) is 37.8 Å². The normalized spacial score (nSPS) is 22.3. The van der Waals surface area contributed by atoms with Crippen LogP contribution in [-0.4, -0.2) is 55.1 Å². The first kappa shape index (κ1) is 31.0. The second-order valence-corrected chi connectivity index (χ2v) is 12.1. The smallest absolute Gasteiger partial charge is 0.393 e. The van der Waals surface area contributed by atoms with Crippen LogP contribution < -0.4 is 9.62 Å². The lowest BCUT2D eigenvalue weighted by atomic mass is 9.87. The van der Waals surface area contributed by atoms with E-state index in [1.165, 1.54) is 0 Å². The number of nitrogens with one attached hydrogen (secondary N) is 1. The van der Waals surface area contributed by atoms with Gasteiger partial charge in [-0.2, -0.15) is 26.3 Å². The number of halogens is 7.